The van der Waals surface area contributed by atoms with Crippen LogP contribution in [-0.4, -0.2) is 24.3 Å². The molecule has 1 N–H and O–H groups in total. The first-order chi connectivity index (χ1) is 7.58. The molecule has 8 heteroatoms. The fourth-order valence-electron chi connectivity index (χ4n) is 1.20. The van der Waals surface area contributed by atoms with Gasteiger partial charge < -0.3 is 4.57 Å². The van der Waals surface area contributed by atoms with Crippen molar-refractivity contribution >= 4 is 11.6 Å². The van der Waals surface area contributed by atoms with E-state index in [0.29, 0.717) is 5.82 Å². The highest BCUT2D eigenvalue weighted by atomic mass is 35.5. The van der Waals surface area contributed by atoms with Crippen molar-refractivity contribution in [1.29, 1.82) is 0 Å². The molecule has 0 saturated heterocycles. The van der Waals surface area contributed by atoms with Gasteiger partial charge in [-0.1, -0.05) is 11.6 Å². The maximum atomic E-state index is 11.4. The first kappa shape index (κ1) is 10.6. The second kappa shape index (κ2) is 3.93. The third-order valence-electron chi connectivity index (χ3n) is 2.08. The van der Waals surface area contributed by atoms with Gasteiger partial charge in [0.15, 0.2) is 5.82 Å². The predicted molar refractivity (Wildman–Crippen MR) is 56.4 cm³/mol. The highest BCUT2D eigenvalue weighted by molar-refractivity contribution is 6.30. The molecule has 0 aliphatic carbocycles. The molecule has 2 rings (SSSR count). The van der Waals surface area contributed by atoms with Crippen LogP contribution in [0.15, 0.2) is 22.1 Å². The molecule has 0 fully saturated rings. The van der Waals surface area contributed by atoms with Gasteiger partial charge in [0.2, 0.25) is 0 Å². The van der Waals surface area contributed by atoms with E-state index in [2.05, 4.69) is 15.2 Å². The number of H-pyrrole nitrogens is 1. The third kappa shape index (κ3) is 1.89. The van der Waals surface area contributed by atoms with Crippen LogP contribution in [-0.2, 0) is 13.6 Å². The normalized spacial score (nSPS) is 10.6. The van der Waals surface area contributed by atoms with Crippen LogP contribution in [0, 0.1) is 0 Å². The van der Waals surface area contributed by atoms with Gasteiger partial charge in [-0.2, -0.15) is 0 Å². The Labute approximate surface area is 94.3 Å². The lowest BCUT2D eigenvalue weighted by molar-refractivity contribution is 0.656. The molecular formula is C8H8ClN5O2. The first-order valence-corrected chi connectivity index (χ1v) is 4.78. The number of rotatable bonds is 2. The van der Waals surface area contributed by atoms with Crippen molar-refractivity contribution < 1.29 is 0 Å². The van der Waals surface area contributed by atoms with Crippen LogP contribution >= 0.6 is 11.6 Å². The van der Waals surface area contributed by atoms with E-state index in [9.17, 15) is 9.59 Å². The SMILES string of the molecule is Cn1cnnc1Cn1cc(Cl)c(=O)[nH]c1=O. The van der Waals surface area contributed by atoms with Crippen molar-refractivity contribution in [2.45, 2.75) is 6.54 Å². The molecule has 0 amide bonds. The smallest absolute Gasteiger partial charge is 0.319 e. The van der Waals surface area contributed by atoms with Crippen molar-refractivity contribution in [3.63, 3.8) is 0 Å². The van der Waals surface area contributed by atoms with Crippen molar-refractivity contribution in [1.82, 2.24) is 24.3 Å². The number of halogens is 1. The molecule has 0 aromatic carbocycles. The van der Waals surface area contributed by atoms with Crippen molar-refractivity contribution in [2.75, 3.05) is 0 Å². The standard InChI is InChI=1S/C8H8ClN5O2/c1-13-4-10-12-6(13)3-14-2-5(9)7(15)11-8(14)16/h2,4H,3H2,1H3,(H,11,15,16). The van der Waals surface area contributed by atoms with Crippen LogP contribution in [0.25, 0.3) is 0 Å². The minimum Gasteiger partial charge on any atom is -0.319 e. The summed E-state index contributed by atoms with van der Waals surface area (Å²) in [6.07, 6.45) is 2.80. The van der Waals surface area contributed by atoms with Crippen molar-refractivity contribution in [3.8, 4) is 0 Å². The van der Waals surface area contributed by atoms with Gasteiger partial charge in [-0.25, -0.2) is 4.79 Å². The van der Waals surface area contributed by atoms with Gasteiger partial charge in [0.05, 0.1) is 6.54 Å². The average Bonchev–Trinajstić information content (AvgIpc) is 2.61. The van der Waals surface area contributed by atoms with E-state index >= 15 is 0 Å². The van der Waals surface area contributed by atoms with Crippen molar-refractivity contribution in [3.05, 3.63) is 44.2 Å². The van der Waals surface area contributed by atoms with Gasteiger partial charge in [0, 0.05) is 13.2 Å². The number of aromatic nitrogens is 5. The number of hydrogen-bond acceptors (Lipinski definition) is 4. The van der Waals surface area contributed by atoms with Crippen LogP contribution in [0.2, 0.25) is 5.02 Å². The zero-order valence-corrected chi connectivity index (χ0v) is 9.10. The number of aromatic amines is 1. The fourth-order valence-corrected chi connectivity index (χ4v) is 1.37. The summed E-state index contributed by atoms with van der Waals surface area (Å²) in [5.74, 6) is 0.588. The fraction of sp³-hybridized carbons (Fsp3) is 0.250. The van der Waals surface area contributed by atoms with Crippen LogP contribution < -0.4 is 11.2 Å². The molecule has 0 unspecified atom stereocenters. The quantitative estimate of drug-likeness (QED) is 0.758. The zero-order valence-electron chi connectivity index (χ0n) is 8.35. The second-order valence-corrected chi connectivity index (χ2v) is 3.63. The maximum Gasteiger partial charge on any atom is 0.328 e. The largest absolute Gasteiger partial charge is 0.328 e. The predicted octanol–water partition coefficient (Wildman–Crippen LogP) is -0.633. The molecule has 0 saturated carbocycles. The maximum absolute atomic E-state index is 11.4. The lowest BCUT2D eigenvalue weighted by atomic mass is 10.5. The Balaban J connectivity index is 2.43. The minimum absolute atomic E-state index is 0.0400. The monoisotopic (exact) mass is 241 g/mol. The Kier molecular flexibility index (Phi) is 2.61. The Bertz CT molecular complexity index is 626. The molecule has 16 heavy (non-hydrogen) atoms. The minimum atomic E-state index is -0.596. The van der Waals surface area contributed by atoms with E-state index in [1.165, 1.54) is 17.1 Å². The van der Waals surface area contributed by atoms with Gasteiger partial charge >= 0.3 is 5.69 Å². The summed E-state index contributed by atoms with van der Waals surface area (Å²) in [4.78, 5) is 24.5. The summed E-state index contributed by atoms with van der Waals surface area (Å²) in [5, 5.41) is 7.46. The molecule has 7 nitrogen and oxygen atoms in total. The highest BCUT2D eigenvalue weighted by Crippen LogP contribution is 1.99. The van der Waals surface area contributed by atoms with Gasteiger partial charge in [-0.05, 0) is 0 Å². The van der Waals surface area contributed by atoms with Gasteiger partial charge in [0.1, 0.15) is 11.3 Å². The van der Waals surface area contributed by atoms with Crippen LogP contribution in [0.1, 0.15) is 5.82 Å². The molecule has 0 radical (unpaired) electrons. The Morgan fingerprint density at radius 1 is 1.50 bits per heavy atom. The van der Waals surface area contributed by atoms with Gasteiger partial charge in [0.25, 0.3) is 5.56 Å². The van der Waals surface area contributed by atoms with E-state index in [0.717, 1.165) is 0 Å². The summed E-state index contributed by atoms with van der Waals surface area (Å²) >= 11 is 5.62. The van der Waals surface area contributed by atoms with Gasteiger partial charge in [-0.15, -0.1) is 10.2 Å². The molecule has 0 spiro atoms. The lowest BCUT2D eigenvalue weighted by Gasteiger charge is -2.04. The zero-order chi connectivity index (χ0) is 11.7. The highest BCUT2D eigenvalue weighted by Gasteiger charge is 2.06. The number of hydrogen-bond donors (Lipinski definition) is 1. The van der Waals surface area contributed by atoms with Crippen LogP contribution in [0.5, 0.6) is 0 Å². The molecule has 0 aliphatic heterocycles. The van der Waals surface area contributed by atoms with Crippen molar-refractivity contribution in [2.24, 2.45) is 7.05 Å². The molecule has 2 heterocycles. The number of nitrogens with one attached hydrogen (secondary N) is 1. The van der Waals surface area contributed by atoms with E-state index < -0.39 is 11.2 Å². The second-order valence-electron chi connectivity index (χ2n) is 3.22. The number of nitrogens with zero attached hydrogens (tertiary/aromatic N) is 4. The van der Waals surface area contributed by atoms with E-state index in [1.807, 2.05) is 0 Å². The molecule has 0 atom stereocenters. The molecule has 0 aliphatic rings. The summed E-state index contributed by atoms with van der Waals surface area (Å²) in [5.41, 5.74) is -1.13. The molecule has 2 aromatic heterocycles. The molecule has 2 aromatic rings. The lowest BCUT2D eigenvalue weighted by Crippen LogP contribution is -2.30. The van der Waals surface area contributed by atoms with E-state index in [4.69, 9.17) is 11.6 Å². The molecule has 84 valence electrons. The average molecular weight is 242 g/mol. The Morgan fingerprint density at radius 2 is 2.25 bits per heavy atom. The molecule has 0 bridgehead atoms. The van der Waals surface area contributed by atoms with E-state index in [-0.39, 0.29) is 11.6 Å². The third-order valence-corrected chi connectivity index (χ3v) is 2.35. The van der Waals surface area contributed by atoms with Crippen LogP contribution in [0.3, 0.4) is 0 Å². The summed E-state index contributed by atoms with van der Waals surface area (Å²) < 4.78 is 2.93. The van der Waals surface area contributed by atoms with Gasteiger partial charge in [-0.3, -0.25) is 14.3 Å². The van der Waals surface area contributed by atoms with E-state index in [1.54, 1.807) is 11.6 Å². The first-order valence-electron chi connectivity index (χ1n) is 4.40. The van der Waals surface area contributed by atoms with Crippen LogP contribution in [0.4, 0.5) is 0 Å². The topological polar surface area (TPSA) is 85.6 Å². The Hall–Kier alpha value is -1.89. The summed E-state index contributed by atoms with van der Waals surface area (Å²) in [7, 11) is 1.76. The summed E-state index contributed by atoms with van der Waals surface area (Å²) in [6.45, 7) is 0.200. The molecular weight excluding hydrogens is 234 g/mol. The number of aryl methyl sites for hydroxylation is 1. The summed E-state index contributed by atoms with van der Waals surface area (Å²) in [6, 6.07) is 0. The Morgan fingerprint density at radius 3 is 2.88 bits per heavy atom.